The van der Waals surface area contributed by atoms with Crippen molar-refractivity contribution < 1.29 is 4.29 Å². The van der Waals surface area contributed by atoms with Crippen LogP contribution in [-0.4, -0.2) is 0 Å². The van der Waals surface area contributed by atoms with Crippen LogP contribution < -0.4 is 0 Å². The number of fused-ring (bicyclic) bond motifs is 1. The molecule has 0 heterocycles. The van der Waals surface area contributed by atoms with E-state index in [-0.39, 0.29) is 0 Å². The highest BCUT2D eigenvalue weighted by molar-refractivity contribution is 6.08. The lowest BCUT2D eigenvalue weighted by Crippen LogP contribution is -2.35. The fourth-order valence-corrected chi connectivity index (χ4v) is 3.60. The summed E-state index contributed by atoms with van der Waals surface area (Å²) in [6, 6.07) is 0. The molecule has 2 aliphatic rings. The lowest BCUT2D eigenvalue weighted by Gasteiger charge is -2.43. The van der Waals surface area contributed by atoms with Crippen LogP contribution in [0.5, 0.6) is 0 Å². The van der Waals surface area contributed by atoms with Crippen molar-refractivity contribution in [3.63, 3.8) is 0 Å². The summed E-state index contributed by atoms with van der Waals surface area (Å²) in [6.07, 6.45) is 7.46. The van der Waals surface area contributed by atoms with Gasteiger partial charge in [0.1, 0.15) is 17.6 Å². The molecule has 0 spiro atoms. The van der Waals surface area contributed by atoms with E-state index in [0.717, 1.165) is 24.0 Å². The number of hydrogen-bond donors (Lipinski definition) is 0. The summed E-state index contributed by atoms with van der Waals surface area (Å²) in [5, 5.41) is 0. The number of rotatable bonds is 2. The van der Waals surface area contributed by atoms with Gasteiger partial charge in [-0.25, -0.2) is 0 Å². The van der Waals surface area contributed by atoms with E-state index in [1.807, 2.05) is 0 Å². The molecule has 0 aromatic rings. The van der Waals surface area contributed by atoms with Gasteiger partial charge in [0.2, 0.25) is 0 Å². The van der Waals surface area contributed by atoms with Crippen molar-refractivity contribution in [2.24, 2.45) is 23.7 Å². The average molecular weight is 241 g/mol. The van der Waals surface area contributed by atoms with E-state index in [4.69, 9.17) is 16.2 Å². The van der Waals surface area contributed by atoms with E-state index in [1.165, 1.54) is 24.8 Å². The zero-order chi connectivity index (χ0) is 11.7. The highest BCUT2D eigenvalue weighted by atomic mass is 35.5. The molecule has 90 valence electrons. The Hall–Kier alpha value is -0.430. The van der Waals surface area contributed by atoms with Gasteiger partial charge < -0.3 is 4.29 Å². The van der Waals surface area contributed by atoms with Crippen LogP contribution in [0.15, 0.2) is 24.0 Å². The van der Waals surface area contributed by atoms with Gasteiger partial charge in [-0.05, 0) is 50.4 Å². The summed E-state index contributed by atoms with van der Waals surface area (Å²) in [5.74, 6) is 3.41. The minimum atomic E-state index is 0.425. The van der Waals surface area contributed by atoms with Crippen LogP contribution >= 0.6 is 11.9 Å². The van der Waals surface area contributed by atoms with E-state index in [2.05, 4.69) is 26.5 Å². The molecule has 0 amide bonds. The van der Waals surface area contributed by atoms with Crippen molar-refractivity contribution in [3.05, 3.63) is 24.0 Å². The quantitative estimate of drug-likeness (QED) is 0.503. The monoisotopic (exact) mass is 240 g/mol. The van der Waals surface area contributed by atoms with Crippen molar-refractivity contribution in [1.29, 1.82) is 0 Å². The lowest BCUT2D eigenvalue weighted by atomic mass is 9.62. The zero-order valence-electron chi connectivity index (χ0n) is 10.2. The highest BCUT2D eigenvalue weighted by Crippen LogP contribution is 2.47. The van der Waals surface area contributed by atoms with Gasteiger partial charge in [-0.15, -0.1) is 0 Å². The summed E-state index contributed by atoms with van der Waals surface area (Å²) < 4.78 is 4.86. The van der Waals surface area contributed by atoms with Crippen LogP contribution in [0.25, 0.3) is 0 Å². The fourth-order valence-electron chi connectivity index (χ4n) is 3.48. The highest BCUT2D eigenvalue weighted by Gasteiger charge is 2.39. The minimum Gasteiger partial charge on any atom is -0.390 e. The molecule has 2 aliphatic carbocycles. The summed E-state index contributed by atoms with van der Waals surface area (Å²) >= 11 is 5.47. The third-order valence-electron chi connectivity index (χ3n) is 4.48. The Morgan fingerprint density at radius 3 is 2.88 bits per heavy atom. The molecule has 0 radical (unpaired) electrons. The molecule has 1 nitrogen and oxygen atoms in total. The van der Waals surface area contributed by atoms with Crippen molar-refractivity contribution in [1.82, 2.24) is 0 Å². The van der Waals surface area contributed by atoms with Crippen LogP contribution in [0, 0.1) is 23.7 Å². The summed E-state index contributed by atoms with van der Waals surface area (Å²) in [7, 11) is 0. The molecule has 1 fully saturated rings. The normalized spacial score (nSPS) is 38.6. The molecule has 2 rings (SSSR count). The summed E-state index contributed by atoms with van der Waals surface area (Å²) in [5.41, 5.74) is 1.52. The molecular formula is C14H21ClO. The van der Waals surface area contributed by atoms with Gasteiger partial charge in [-0.2, -0.15) is 0 Å². The maximum absolute atomic E-state index is 5.47. The Morgan fingerprint density at radius 2 is 2.19 bits per heavy atom. The van der Waals surface area contributed by atoms with E-state index >= 15 is 0 Å². The summed E-state index contributed by atoms with van der Waals surface area (Å²) in [4.78, 5) is 0. The minimum absolute atomic E-state index is 0.425. The molecular weight excluding hydrogens is 220 g/mol. The topological polar surface area (TPSA) is 9.23 Å². The van der Waals surface area contributed by atoms with Crippen LogP contribution in [-0.2, 0) is 4.29 Å². The molecule has 0 aromatic heterocycles. The molecule has 4 unspecified atom stereocenters. The molecule has 0 N–H and O–H groups in total. The SMILES string of the molecule is C=C(OCl)C1CCC(C)C2CCC(C)=CC12. The van der Waals surface area contributed by atoms with Gasteiger partial charge in [0, 0.05) is 5.92 Å². The molecule has 0 saturated heterocycles. The Kier molecular flexibility index (Phi) is 3.63. The molecule has 4 atom stereocenters. The lowest BCUT2D eigenvalue weighted by molar-refractivity contribution is 0.115. The first kappa shape index (κ1) is 12.0. The molecule has 16 heavy (non-hydrogen) atoms. The van der Waals surface area contributed by atoms with E-state index < -0.39 is 0 Å². The van der Waals surface area contributed by atoms with Crippen molar-refractivity contribution in [3.8, 4) is 0 Å². The first-order valence-corrected chi connectivity index (χ1v) is 6.59. The van der Waals surface area contributed by atoms with Gasteiger partial charge >= 0.3 is 0 Å². The number of allylic oxidation sites excluding steroid dienone is 3. The zero-order valence-corrected chi connectivity index (χ0v) is 11.0. The van der Waals surface area contributed by atoms with Gasteiger partial charge in [-0.3, -0.25) is 0 Å². The predicted molar refractivity (Wildman–Crippen MR) is 67.9 cm³/mol. The second-order valence-corrected chi connectivity index (χ2v) is 5.65. The maximum Gasteiger partial charge on any atom is 0.134 e. The standard InChI is InChI=1S/C14H21ClO/c1-9-4-6-12-10(2)5-7-13(11(3)16-15)14(12)8-9/h8,10,12-14H,3-7H2,1-2H3. The first-order chi connectivity index (χ1) is 7.63. The van der Waals surface area contributed by atoms with Crippen LogP contribution in [0.4, 0.5) is 0 Å². The van der Waals surface area contributed by atoms with Gasteiger partial charge in [0.25, 0.3) is 0 Å². The second-order valence-electron chi connectivity index (χ2n) is 5.50. The molecule has 0 aromatic carbocycles. The number of halogens is 1. The fraction of sp³-hybridized carbons (Fsp3) is 0.714. The van der Waals surface area contributed by atoms with Gasteiger partial charge in [-0.1, -0.05) is 25.2 Å². The number of hydrogen-bond acceptors (Lipinski definition) is 1. The third kappa shape index (κ3) is 2.15. The van der Waals surface area contributed by atoms with Crippen molar-refractivity contribution in [2.45, 2.75) is 39.5 Å². The Morgan fingerprint density at radius 1 is 1.44 bits per heavy atom. The molecule has 1 saturated carbocycles. The molecule has 2 heteroatoms. The van der Waals surface area contributed by atoms with Gasteiger partial charge in [0.05, 0.1) is 0 Å². The van der Waals surface area contributed by atoms with Gasteiger partial charge in [0.15, 0.2) is 0 Å². The first-order valence-electron chi connectivity index (χ1n) is 6.28. The predicted octanol–water partition coefficient (Wildman–Crippen LogP) is 4.69. The maximum atomic E-state index is 5.47. The summed E-state index contributed by atoms with van der Waals surface area (Å²) in [6.45, 7) is 8.57. The average Bonchev–Trinajstić information content (AvgIpc) is 2.28. The Labute approximate surface area is 104 Å². The third-order valence-corrected chi connectivity index (χ3v) is 4.68. The molecule has 0 aliphatic heterocycles. The largest absolute Gasteiger partial charge is 0.390 e. The van der Waals surface area contributed by atoms with Crippen molar-refractivity contribution >= 4 is 11.9 Å². The van der Waals surface area contributed by atoms with Crippen LogP contribution in [0.2, 0.25) is 0 Å². The smallest absolute Gasteiger partial charge is 0.134 e. The van der Waals surface area contributed by atoms with E-state index in [0.29, 0.717) is 11.8 Å². The second kappa shape index (κ2) is 4.83. The van der Waals surface area contributed by atoms with E-state index in [9.17, 15) is 0 Å². The van der Waals surface area contributed by atoms with Crippen LogP contribution in [0.3, 0.4) is 0 Å². The van der Waals surface area contributed by atoms with Crippen LogP contribution in [0.1, 0.15) is 39.5 Å². The Bertz CT molecular complexity index is 308. The van der Waals surface area contributed by atoms with Crippen molar-refractivity contribution in [2.75, 3.05) is 0 Å². The van der Waals surface area contributed by atoms with E-state index in [1.54, 1.807) is 0 Å². The molecule has 0 bridgehead atoms. The Balaban J connectivity index is 2.22.